The zero-order valence-electron chi connectivity index (χ0n) is 14.3. The van der Waals surface area contributed by atoms with Gasteiger partial charge in [0, 0.05) is 4.90 Å². The molecule has 1 amide bonds. The average Bonchev–Trinajstić information content (AvgIpc) is 3.08. The van der Waals surface area contributed by atoms with Crippen LogP contribution in [0.2, 0.25) is 0 Å². The predicted molar refractivity (Wildman–Crippen MR) is 101 cm³/mol. The first-order valence-electron chi connectivity index (χ1n) is 8.85. The van der Waals surface area contributed by atoms with Gasteiger partial charge < -0.3 is 5.32 Å². The molecule has 1 atom stereocenters. The first kappa shape index (κ1) is 17.1. The summed E-state index contributed by atoms with van der Waals surface area (Å²) in [6, 6.07) is 17.0. The lowest BCUT2D eigenvalue weighted by Crippen LogP contribution is -2.29. The fourth-order valence-corrected chi connectivity index (χ4v) is 4.09. The molecule has 0 heterocycles. The third kappa shape index (κ3) is 4.41. The minimum Gasteiger partial charge on any atom is -0.349 e. The zero-order valence-corrected chi connectivity index (χ0v) is 15.1. The Hall–Kier alpha value is -1.74. The highest BCUT2D eigenvalue weighted by molar-refractivity contribution is 8.00. The van der Waals surface area contributed by atoms with Crippen LogP contribution in [0.4, 0.5) is 0 Å². The number of carbonyl (C=O) groups is 1. The summed E-state index contributed by atoms with van der Waals surface area (Å²) in [6.07, 6.45) is 5.68. The summed E-state index contributed by atoms with van der Waals surface area (Å²) in [4.78, 5) is 13.6. The van der Waals surface area contributed by atoms with Gasteiger partial charge in [0.2, 0.25) is 5.91 Å². The van der Waals surface area contributed by atoms with Crippen molar-refractivity contribution < 1.29 is 4.79 Å². The number of fused-ring (bicyclic) bond motifs is 1. The Morgan fingerprint density at radius 1 is 1.12 bits per heavy atom. The standard InChI is InChI=1S/C21H25NOS/c1-2-7-20(17-8-4-3-5-9-17)22-21(23)15-24-19-13-12-16-10-6-11-18(16)14-19/h3-5,8-9,12-14,20H,2,6-7,10-11,15H2,1H3,(H,22,23). The molecule has 0 aromatic heterocycles. The van der Waals surface area contributed by atoms with Gasteiger partial charge in [-0.05, 0) is 54.5 Å². The van der Waals surface area contributed by atoms with Crippen molar-refractivity contribution in [3.05, 3.63) is 65.2 Å². The predicted octanol–water partition coefficient (Wildman–Crippen LogP) is 4.93. The minimum absolute atomic E-state index is 0.114. The summed E-state index contributed by atoms with van der Waals surface area (Å²) in [5, 5.41) is 3.20. The zero-order chi connectivity index (χ0) is 16.8. The van der Waals surface area contributed by atoms with Crippen molar-refractivity contribution in [1.29, 1.82) is 0 Å². The third-order valence-electron chi connectivity index (χ3n) is 4.55. The van der Waals surface area contributed by atoms with E-state index in [0.29, 0.717) is 5.75 Å². The maximum atomic E-state index is 12.4. The summed E-state index contributed by atoms with van der Waals surface area (Å²) in [7, 11) is 0. The number of hydrogen-bond acceptors (Lipinski definition) is 2. The van der Waals surface area contributed by atoms with E-state index in [0.717, 1.165) is 12.8 Å². The normalized spacial score (nSPS) is 14.2. The number of rotatable bonds is 7. The van der Waals surface area contributed by atoms with Gasteiger partial charge in [-0.3, -0.25) is 4.79 Å². The largest absolute Gasteiger partial charge is 0.349 e. The lowest BCUT2D eigenvalue weighted by Gasteiger charge is -2.18. The van der Waals surface area contributed by atoms with Gasteiger partial charge in [-0.15, -0.1) is 11.8 Å². The molecule has 24 heavy (non-hydrogen) atoms. The van der Waals surface area contributed by atoms with Crippen molar-refractivity contribution in [2.45, 2.75) is 50.0 Å². The van der Waals surface area contributed by atoms with Crippen LogP contribution in [0.5, 0.6) is 0 Å². The van der Waals surface area contributed by atoms with E-state index >= 15 is 0 Å². The molecule has 126 valence electrons. The van der Waals surface area contributed by atoms with Gasteiger partial charge in [0.1, 0.15) is 0 Å². The lowest BCUT2D eigenvalue weighted by molar-refractivity contribution is -0.119. The second-order valence-corrected chi connectivity index (χ2v) is 7.44. The number of aryl methyl sites for hydroxylation is 2. The van der Waals surface area contributed by atoms with Crippen molar-refractivity contribution in [2.75, 3.05) is 5.75 Å². The van der Waals surface area contributed by atoms with Crippen LogP contribution >= 0.6 is 11.8 Å². The van der Waals surface area contributed by atoms with E-state index in [-0.39, 0.29) is 11.9 Å². The minimum atomic E-state index is 0.114. The lowest BCUT2D eigenvalue weighted by atomic mass is 10.0. The quantitative estimate of drug-likeness (QED) is 0.725. The molecule has 0 aliphatic heterocycles. The molecule has 1 N–H and O–H groups in total. The molecule has 0 saturated heterocycles. The van der Waals surface area contributed by atoms with Crippen LogP contribution in [0, 0.1) is 0 Å². The van der Waals surface area contributed by atoms with Crippen LogP contribution in [0.15, 0.2) is 53.4 Å². The molecular formula is C21H25NOS. The first-order chi connectivity index (χ1) is 11.8. The number of benzene rings is 2. The maximum Gasteiger partial charge on any atom is 0.230 e. The van der Waals surface area contributed by atoms with Gasteiger partial charge in [-0.1, -0.05) is 49.7 Å². The van der Waals surface area contributed by atoms with Gasteiger partial charge in [0.05, 0.1) is 11.8 Å². The molecule has 2 nitrogen and oxygen atoms in total. The Labute approximate surface area is 149 Å². The van der Waals surface area contributed by atoms with Crippen molar-refractivity contribution in [3.63, 3.8) is 0 Å². The number of thioether (sulfide) groups is 1. The monoisotopic (exact) mass is 339 g/mol. The molecule has 3 heteroatoms. The maximum absolute atomic E-state index is 12.4. The Morgan fingerprint density at radius 3 is 2.71 bits per heavy atom. The van der Waals surface area contributed by atoms with Gasteiger partial charge >= 0.3 is 0 Å². The smallest absolute Gasteiger partial charge is 0.230 e. The molecule has 1 aliphatic rings. The van der Waals surface area contributed by atoms with Crippen molar-refractivity contribution in [2.24, 2.45) is 0 Å². The van der Waals surface area contributed by atoms with E-state index in [1.165, 1.54) is 40.8 Å². The molecule has 0 spiro atoms. The van der Waals surface area contributed by atoms with Crippen LogP contribution in [0.25, 0.3) is 0 Å². The first-order valence-corrected chi connectivity index (χ1v) is 9.83. The average molecular weight is 340 g/mol. The van der Waals surface area contributed by atoms with Gasteiger partial charge in [-0.2, -0.15) is 0 Å². The summed E-state index contributed by atoms with van der Waals surface area (Å²) >= 11 is 1.64. The van der Waals surface area contributed by atoms with Crippen molar-refractivity contribution in [1.82, 2.24) is 5.32 Å². The van der Waals surface area contributed by atoms with E-state index in [1.807, 2.05) is 18.2 Å². The summed E-state index contributed by atoms with van der Waals surface area (Å²) < 4.78 is 0. The second kappa shape index (κ2) is 8.39. The third-order valence-corrected chi connectivity index (χ3v) is 5.55. The van der Waals surface area contributed by atoms with E-state index in [4.69, 9.17) is 0 Å². The molecule has 1 aliphatic carbocycles. The summed E-state index contributed by atoms with van der Waals surface area (Å²) in [6.45, 7) is 2.15. The highest BCUT2D eigenvalue weighted by atomic mass is 32.2. The number of carbonyl (C=O) groups excluding carboxylic acids is 1. The highest BCUT2D eigenvalue weighted by Crippen LogP contribution is 2.27. The summed E-state index contributed by atoms with van der Waals surface area (Å²) in [5.74, 6) is 0.592. The van der Waals surface area contributed by atoms with Crippen molar-refractivity contribution in [3.8, 4) is 0 Å². The second-order valence-electron chi connectivity index (χ2n) is 6.39. The fraction of sp³-hybridized carbons (Fsp3) is 0.381. The highest BCUT2D eigenvalue weighted by Gasteiger charge is 2.15. The van der Waals surface area contributed by atoms with Crippen LogP contribution in [0.1, 0.15) is 48.9 Å². The molecule has 0 bridgehead atoms. The molecule has 0 saturated carbocycles. The van der Waals surface area contributed by atoms with E-state index < -0.39 is 0 Å². The molecule has 0 fully saturated rings. The SMILES string of the molecule is CCCC(NC(=O)CSc1ccc2c(c1)CCC2)c1ccccc1. The Morgan fingerprint density at radius 2 is 1.92 bits per heavy atom. The Bertz CT molecular complexity index is 683. The molecule has 3 rings (SSSR count). The Balaban J connectivity index is 1.56. The Kier molecular flexibility index (Phi) is 5.97. The van der Waals surface area contributed by atoms with Crippen LogP contribution in [-0.2, 0) is 17.6 Å². The van der Waals surface area contributed by atoms with Crippen LogP contribution < -0.4 is 5.32 Å². The molecule has 2 aromatic carbocycles. The van der Waals surface area contributed by atoms with E-state index in [1.54, 1.807) is 11.8 Å². The number of nitrogens with one attached hydrogen (secondary N) is 1. The van der Waals surface area contributed by atoms with Gasteiger partial charge in [-0.25, -0.2) is 0 Å². The van der Waals surface area contributed by atoms with Crippen LogP contribution in [0.3, 0.4) is 0 Å². The fourth-order valence-electron chi connectivity index (χ4n) is 3.32. The molecular weight excluding hydrogens is 314 g/mol. The topological polar surface area (TPSA) is 29.1 Å². The van der Waals surface area contributed by atoms with Crippen molar-refractivity contribution >= 4 is 17.7 Å². The van der Waals surface area contributed by atoms with Gasteiger partial charge in [0.15, 0.2) is 0 Å². The number of hydrogen-bond donors (Lipinski definition) is 1. The van der Waals surface area contributed by atoms with E-state index in [2.05, 4.69) is 42.6 Å². The molecule has 0 radical (unpaired) electrons. The van der Waals surface area contributed by atoms with E-state index in [9.17, 15) is 4.79 Å². The summed E-state index contributed by atoms with van der Waals surface area (Å²) in [5.41, 5.74) is 4.14. The van der Waals surface area contributed by atoms with Gasteiger partial charge in [0.25, 0.3) is 0 Å². The molecule has 1 unspecified atom stereocenters. The molecule has 2 aromatic rings. The number of amides is 1. The van der Waals surface area contributed by atoms with Crippen LogP contribution in [-0.4, -0.2) is 11.7 Å².